The molecule has 2 aromatic rings. The number of ether oxygens (including phenoxy) is 1. The van der Waals surface area contributed by atoms with Crippen LogP contribution in [-0.4, -0.2) is 17.0 Å². The Morgan fingerprint density at radius 1 is 1.19 bits per heavy atom. The Hall–Kier alpha value is -3.34. The fourth-order valence-corrected chi connectivity index (χ4v) is 2.85. The predicted octanol–water partition coefficient (Wildman–Crippen LogP) is 5.34. The smallest absolute Gasteiger partial charge is 0.335 e. The molecule has 0 saturated heterocycles. The summed E-state index contributed by atoms with van der Waals surface area (Å²) in [7, 11) is 0. The summed E-state index contributed by atoms with van der Waals surface area (Å²) in [5.74, 6) is 0.141. The van der Waals surface area contributed by atoms with Crippen molar-refractivity contribution >= 4 is 23.2 Å². The molecule has 1 aliphatic carbocycles. The minimum absolute atomic E-state index is 0.0769. The number of rotatable bonds is 5. The highest BCUT2D eigenvalue weighted by molar-refractivity contribution is 5.99. The van der Waals surface area contributed by atoms with Gasteiger partial charge in [-0.05, 0) is 55.8 Å². The molecule has 1 atom stereocenters. The molecule has 0 fully saturated rings. The Morgan fingerprint density at radius 2 is 1.89 bits per heavy atom. The minimum atomic E-state index is -0.962. The molecule has 0 bridgehead atoms. The molecular formula is C22H22N2O3. The number of benzene rings is 2. The van der Waals surface area contributed by atoms with E-state index in [-0.39, 0.29) is 17.4 Å². The monoisotopic (exact) mass is 362 g/mol. The molecule has 0 aliphatic heterocycles. The largest absolute Gasteiger partial charge is 0.478 e. The zero-order chi connectivity index (χ0) is 19.4. The molecule has 0 saturated carbocycles. The Kier molecular flexibility index (Phi) is 5.41. The lowest BCUT2D eigenvalue weighted by Gasteiger charge is -2.21. The Morgan fingerprint density at radius 3 is 2.59 bits per heavy atom. The third kappa shape index (κ3) is 4.44. The number of hydrogen-bond acceptors (Lipinski definition) is 4. The first kappa shape index (κ1) is 18.5. The van der Waals surface area contributed by atoms with Gasteiger partial charge in [0.2, 0.25) is 5.90 Å². The average Bonchev–Trinajstić information content (AvgIpc) is 2.65. The second-order valence-electron chi connectivity index (χ2n) is 6.62. The number of carbonyl (C=O) groups is 1. The number of carboxylic acid groups (broad SMARTS) is 1. The van der Waals surface area contributed by atoms with Crippen molar-refractivity contribution in [2.75, 3.05) is 5.32 Å². The SMILES string of the molecule is CC1=CCC(C)C(OC(=N)c2ccccc2Nc2ccc(C(=O)O)cc2)=C1. The fourth-order valence-electron chi connectivity index (χ4n) is 2.85. The van der Waals surface area contributed by atoms with Crippen LogP contribution in [0.4, 0.5) is 11.4 Å². The van der Waals surface area contributed by atoms with E-state index in [1.54, 1.807) is 24.3 Å². The number of nitrogens with one attached hydrogen (secondary N) is 2. The zero-order valence-corrected chi connectivity index (χ0v) is 15.3. The van der Waals surface area contributed by atoms with Crippen molar-refractivity contribution in [2.45, 2.75) is 20.3 Å². The van der Waals surface area contributed by atoms with Gasteiger partial charge in [0.1, 0.15) is 5.76 Å². The van der Waals surface area contributed by atoms with Crippen LogP contribution >= 0.6 is 0 Å². The first-order valence-corrected chi connectivity index (χ1v) is 8.78. The molecule has 0 radical (unpaired) electrons. The van der Waals surface area contributed by atoms with Crippen LogP contribution in [-0.2, 0) is 4.74 Å². The van der Waals surface area contributed by atoms with Crippen LogP contribution in [0.3, 0.4) is 0 Å². The van der Waals surface area contributed by atoms with E-state index in [9.17, 15) is 4.79 Å². The highest BCUT2D eigenvalue weighted by atomic mass is 16.5. The third-order valence-corrected chi connectivity index (χ3v) is 4.45. The number of allylic oxidation sites excluding steroid dienone is 4. The summed E-state index contributed by atoms with van der Waals surface area (Å²) in [6.45, 7) is 4.10. The maximum atomic E-state index is 11.0. The van der Waals surface area contributed by atoms with Crippen LogP contribution in [0.15, 0.2) is 72.0 Å². The quantitative estimate of drug-likeness (QED) is 0.495. The third-order valence-electron chi connectivity index (χ3n) is 4.45. The molecule has 0 spiro atoms. The van der Waals surface area contributed by atoms with Gasteiger partial charge in [-0.25, -0.2) is 4.79 Å². The number of para-hydroxylation sites is 1. The van der Waals surface area contributed by atoms with E-state index in [1.165, 1.54) is 0 Å². The molecule has 3 N–H and O–H groups in total. The van der Waals surface area contributed by atoms with E-state index in [1.807, 2.05) is 37.3 Å². The maximum Gasteiger partial charge on any atom is 0.335 e. The van der Waals surface area contributed by atoms with Crippen LogP contribution in [0.2, 0.25) is 0 Å². The molecule has 138 valence electrons. The molecule has 5 nitrogen and oxygen atoms in total. The first-order chi connectivity index (χ1) is 12.9. The van der Waals surface area contributed by atoms with E-state index >= 15 is 0 Å². The van der Waals surface area contributed by atoms with Gasteiger partial charge in [-0.1, -0.05) is 30.7 Å². The lowest BCUT2D eigenvalue weighted by Crippen LogP contribution is -2.13. The lowest BCUT2D eigenvalue weighted by atomic mass is 9.97. The summed E-state index contributed by atoms with van der Waals surface area (Å²) in [6, 6.07) is 13.9. The number of hydrogen-bond donors (Lipinski definition) is 3. The van der Waals surface area contributed by atoms with Crippen LogP contribution < -0.4 is 5.32 Å². The first-order valence-electron chi connectivity index (χ1n) is 8.78. The minimum Gasteiger partial charge on any atom is -0.478 e. The van der Waals surface area contributed by atoms with E-state index in [4.69, 9.17) is 15.3 Å². The fraction of sp³-hybridized carbons (Fsp3) is 0.182. The van der Waals surface area contributed by atoms with Gasteiger partial charge in [-0.15, -0.1) is 0 Å². The number of anilines is 2. The number of carboxylic acids is 1. The van der Waals surface area contributed by atoms with Gasteiger partial charge in [0.05, 0.1) is 16.8 Å². The Bertz CT molecular complexity index is 927. The maximum absolute atomic E-state index is 11.0. The molecule has 2 aromatic carbocycles. The molecule has 1 unspecified atom stereocenters. The lowest BCUT2D eigenvalue weighted by molar-refractivity contribution is 0.0697. The van der Waals surface area contributed by atoms with Crippen molar-refractivity contribution in [2.24, 2.45) is 5.92 Å². The molecule has 3 rings (SSSR count). The van der Waals surface area contributed by atoms with Gasteiger partial charge >= 0.3 is 5.97 Å². The van der Waals surface area contributed by atoms with Gasteiger partial charge in [-0.3, -0.25) is 5.41 Å². The highest BCUT2D eigenvalue weighted by Gasteiger charge is 2.18. The molecule has 1 aliphatic rings. The van der Waals surface area contributed by atoms with Crippen LogP contribution in [0.5, 0.6) is 0 Å². The zero-order valence-electron chi connectivity index (χ0n) is 15.3. The summed E-state index contributed by atoms with van der Waals surface area (Å²) < 4.78 is 5.87. The normalized spacial score (nSPS) is 16.1. The summed E-state index contributed by atoms with van der Waals surface area (Å²) in [4.78, 5) is 11.0. The van der Waals surface area contributed by atoms with E-state index in [2.05, 4.69) is 18.3 Å². The van der Waals surface area contributed by atoms with Gasteiger partial charge in [-0.2, -0.15) is 0 Å². The predicted molar refractivity (Wildman–Crippen MR) is 107 cm³/mol. The van der Waals surface area contributed by atoms with Crippen LogP contribution in [0.1, 0.15) is 36.2 Å². The van der Waals surface area contributed by atoms with Crippen molar-refractivity contribution in [3.8, 4) is 0 Å². The van der Waals surface area contributed by atoms with Crippen molar-refractivity contribution in [3.63, 3.8) is 0 Å². The summed E-state index contributed by atoms with van der Waals surface area (Å²) in [5.41, 5.74) is 3.47. The van der Waals surface area contributed by atoms with Crippen molar-refractivity contribution in [1.82, 2.24) is 0 Å². The standard InChI is InChI=1S/C22H22N2O3/c1-14-7-8-15(2)20(13-14)27-21(23)18-5-3-4-6-19(18)24-17-11-9-16(10-12-17)22(25)26/h3-7,9-13,15,23-24H,8H2,1-2H3,(H,25,26). The number of aromatic carboxylic acids is 1. The second-order valence-corrected chi connectivity index (χ2v) is 6.62. The molecule has 5 heteroatoms. The molecule has 0 aromatic heterocycles. The molecule has 0 heterocycles. The van der Waals surface area contributed by atoms with Crippen molar-refractivity contribution < 1.29 is 14.6 Å². The van der Waals surface area contributed by atoms with E-state index in [0.29, 0.717) is 5.56 Å². The highest BCUT2D eigenvalue weighted by Crippen LogP contribution is 2.27. The molecule has 27 heavy (non-hydrogen) atoms. The molecule has 0 amide bonds. The van der Waals surface area contributed by atoms with Crippen LogP contribution in [0, 0.1) is 11.3 Å². The Balaban J connectivity index is 1.80. The second kappa shape index (κ2) is 7.91. The molecular weight excluding hydrogens is 340 g/mol. The van der Waals surface area contributed by atoms with Gasteiger partial charge < -0.3 is 15.2 Å². The van der Waals surface area contributed by atoms with Gasteiger partial charge in [0.25, 0.3) is 0 Å². The Labute approximate surface area is 158 Å². The van der Waals surface area contributed by atoms with E-state index < -0.39 is 5.97 Å². The summed E-state index contributed by atoms with van der Waals surface area (Å²) >= 11 is 0. The van der Waals surface area contributed by atoms with Crippen molar-refractivity contribution in [1.29, 1.82) is 5.41 Å². The van der Waals surface area contributed by atoms with Gasteiger partial charge in [0, 0.05) is 11.6 Å². The van der Waals surface area contributed by atoms with Crippen molar-refractivity contribution in [3.05, 3.63) is 83.1 Å². The van der Waals surface area contributed by atoms with Gasteiger partial charge in [0.15, 0.2) is 0 Å². The summed E-state index contributed by atoms with van der Waals surface area (Å²) in [5, 5.41) is 20.7. The topological polar surface area (TPSA) is 82.4 Å². The summed E-state index contributed by atoms with van der Waals surface area (Å²) in [6.07, 6.45) is 5.04. The van der Waals surface area contributed by atoms with E-state index in [0.717, 1.165) is 29.1 Å². The average molecular weight is 362 g/mol. The van der Waals surface area contributed by atoms with Crippen LogP contribution in [0.25, 0.3) is 0 Å².